The van der Waals surface area contributed by atoms with Crippen LogP contribution in [0.25, 0.3) is 0 Å². The molecule has 0 saturated heterocycles. The average Bonchev–Trinajstić information content (AvgIpc) is 2.77. The second kappa shape index (κ2) is 4.76. The van der Waals surface area contributed by atoms with Crippen molar-refractivity contribution < 1.29 is 0 Å². The van der Waals surface area contributed by atoms with Crippen molar-refractivity contribution in [3.63, 3.8) is 0 Å². The fraction of sp³-hybridized carbons (Fsp3) is 0.750. The molecule has 4 heteroatoms. The van der Waals surface area contributed by atoms with Gasteiger partial charge in [0.15, 0.2) is 0 Å². The molecule has 2 rings (SSSR count). The van der Waals surface area contributed by atoms with Gasteiger partial charge in [-0.05, 0) is 38.0 Å². The highest BCUT2D eigenvalue weighted by atomic mass is 35.5. The number of halogens is 1. The second-order valence-corrected chi connectivity index (χ2v) is 5.21. The van der Waals surface area contributed by atoms with Crippen LogP contribution in [0, 0.1) is 5.92 Å². The van der Waals surface area contributed by atoms with Crippen LogP contribution in [-0.2, 0) is 19.9 Å². The van der Waals surface area contributed by atoms with E-state index in [1.165, 1.54) is 12.1 Å². The molecular formula is C12H20ClN3. The highest BCUT2D eigenvalue weighted by Crippen LogP contribution is 2.30. The number of aryl methyl sites for hydroxylation is 2. The Balaban J connectivity index is 2.12. The SMILES string of the molecule is CCc1nn(C)c(CC2CCC(N)C2)c1Cl. The summed E-state index contributed by atoms with van der Waals surface area (Å²) in [6.45, 7) is 2.09. The quantitative estimate of drug-likeness (QED) is 0.883. The zero-order chi connectivity index (χ0) is 11.7. The van der Waals surface area contributed by atoms with Crippen molar-refractivity contribution in [3.8, 4) is 0 Å². The van der Waals surface area contributed by atoms with Gasteiger partial charge in [0.2, 0.25) is 0 Å². The largest absolute Gasteiger partial charge is 0.328 e. The van der Waals surface area contributed by atoms with Gasteiger partial charge in [0, 0.05) is 13.1 Å². The molecule has 0 aliphatic heterocycles. The van der Waals surface area contributed by atoms with Gasteiger partial charge in [-0.3, -0.25) is 4.68 Å². The number of hydrogen-bond acceptors (Lipinski definition) is 2. The van der Waals surface area contributed by atoms with E-state index in [1.54, 1.807) is 0 Å². The molecule has 0 amide bonds. The van der Waals surface area contributed by atoms with Crippen LogP contribution in [-0.4, -0.2) is 15.8 Å². The van der Waals surface area contributed by atoms with Gasteiger partial charge in [-0.15, -0.1) is 0 Å². The molecule has 1 fully saturated rings. The third kappa shape index (κ3) is 2.25. The summed E-state index contributed by atoms with van der Waals surface area (Å²) >= 11 is 6.33. The molecule has 1 aliphatic rings. The first-order valence-electron chi connectivity index (χ1n) is 6.07. The van der Waals surface area contributed by atoms with Crippen LogP contribution in [0.4, 0.5) is 0 Å². The summed E-state index contributed by atoms with van der Waals surface area (Å²) in [6, 6.07) is 0.391. The topological polar surface area (TPSA) is 43.8 Å². The van der Waals surface area contributed by atoms with E-state index in [9.17, 15) is 0 Å². The van der Waals surface area contributed by atoms with Crippen molar-refractivity contribution in [2.45, 2.75) is 45.1 Å². The summed E-state index contributed by atoms with van der Waals surface area (Å²) in [6.07, 6.45) is 5.43. The Morgan fingerprint density at radius 1 is 1.50 bits per heavy atom. The van der Waals surface area contributed by atoms with E-state index >= 15 is 0 Å². The van der Waals surface area contributed by atoms with E-state index in [2.05, 4.69) is 12.0 Å². The van der Waals surface area contributed by atoms with Crippen molar-refractivity contribution in [1.29, 1.82) is 0 Å². The average molecular weight is 242 g/mol. The standard InChI is InChI=1S/C12H20ClN3/c1-3-10-12(13)11(16(2)15-10)7-8-4-5-9(14)6-8/h8-9H,3-7,14H2,1-2H3. The Morgan fingerprint density at radius 2 is 2.25 bits per heavy atom. The van der Waals surface area contributed by atoms with Crippen LogP contribution in [0.15, 0.2) is 0 Å². The fourth-order valence-corrected chi connectivity index (χ4v) is 2.98. The van der Waals surface area contributed by atoms with Gasteiger partial charge in [-0.25, -0.2) is 0 Å². The molecule has 0 aromatic carbocycles. The highest BCUT2D eigenvalue weighted by molar-refractivity contribution is 6.31. The molecule has 1 aromatic rings. The fourth-order valence-electron chi connectivity index (χ4n) is 2.61. The lowest BCUT2D eigenvalue weighted by molar-refractivity contribution is 0.512. The maximum atomic E-state index is 6.33. The molecule has 1 saturated carbocycles. The zero-order valence-corrected chi connectivity index (χ0v) is 10.8. The molecule has 0 spiro atoms. The van der Waals surface area contributed by atoms with Crippen molar-refractivity contribution in [2.24, 2.45) is 18.7 Å². The molecule has 0 radical (unpaired) electrons. The molecule has 90 valence electrons. The molecule has 2 atom stereocenters. The van der Waals surface area contributed by atoms with E-state index in [1.807, 2.05) is 11.7 Å². The normalized spacial score (nSPS) is 25.2. The smallest absolute Gasteiger partial charge is 0.0849 e. The lowest BCUT2D eigenvalue weighted by Gasteiger charge is -2.09. The second-order valence-electron chi connectivity index (χ2n) is 4.83. The van der Waals surface area contributed by atoms with Gasteiger partial charge >= 0.3 is 0 Å². The van der Waals surface area contributed by atoms with E-state index < -0.39 is 0 Å². The van der Waals surface area contributed by atoms with Gasteiger partial charge in [-0.1, -0.05) is 18.5 Å². The van der Waals surface area contributed by atoms with Crippen LogP contribution in [0.2, 0.25) is 5.02 Å². The van der Waals surface area contributed by atoms with Gasteiger partial charge in [-0.2, -0.15) is 5.10 Å². The Hall–Kier alpha value is -0.540. The van der Waals surface area contributed by atoms with Gasteiger partial charge < -0.3 is 5.73 Å². The van der Waals surface area contributed by atoms with E-state index in [0.717, 1.165) is 36.4 Å². The van der Waals surface area contributed by atoms with Crippen LogP contribution in [0.5, 0.6) is 0 Å². The number of aromatic nitrogens is 2. The Labute approximate surface area is 102 Å². The predicted octanol–water partition coefficient (Wildman–Crippen LogP) is 2.31. The summed E-state index contributed by atoms with van der Waals surface area (Å²) in [7, 11) is 1.98. The minimum atomic E-state index is 0.391. The minimum Gasteiger partial charge on any atom is -0.328 e. The molecule has 2 unspecified atom stereocenters. The van der Waals surface area contributed by atoms with Gasteiger partial charge in [0.25, 0.3) is 0 Å². The van der Waals surface area contributed by atoms with Crippen molar-refractivity contribution in [2.75, 3.05) is 0 Å². The Bertz CT molecular complexity index is 373. The molecule has 0 bridgehead atoms. The number of hydrogen-bond donors (Lipinski definition) is 1. The molecule has 2 N–H and O–H groups in total. The maximum absolute atomic E-state index is 6.33. The summed E-state index contributed by atoms with van der Waals surface area (Å²) in [5.41, 5.74) is 8.12. The predicted molar refractivity (Wildman–Crippen MR) is 66.6 cm³/mol. The van der Waals surface area contributed by atoms with Crippen LogP contribution < -0.4 is 5.73 Å². The first-order chi connectivity index (χ1) is 7.61. The van der Waals surface area contributed by atoms with E-state index in [4.69, 9.17) is 17.3 Å². The summed E-state index contributed by atoms with van der Waals surface area (Å²) in [4.78, 5) is 0. The lowest BCUT2D eigenvalue weighted by atomic mass is 10.0. The molecule has 1 aromatic heterocycles. The number of nitrogens with zero attached hydrogens (tertiary/aromatic N) is 2. The van der Waals surface area contributed by atoms with Crippen molar-refractivity contribution in [3.05, 3.63) is 16.4 Å². The lowest BCUT2D eigenvalue weighted by Crippen LogP contribution is -2.15. The Kier molecular flexibility index (Phi) is 3.55. The van der Waals surface area contributed by atoms with Gasteiger partial charge in [0.1, 0.15) is 0 Å². The molecule has 1 aliphatic carbocycles. The van der Waals surface area contributed by atoms with Crippen molar-refractivity contribution >= 4 is 11.6 Å². The summed E-state index contributed by atoms with van der Waals surface area (Å²) in [5.74, 6) is 0.688. The number of rotatable bonds is 3. The Morgan fingerprint density at radius 3 is 2.75 bits per heavy atom. The summed E-state index contributed by atoms with van der Waals surface area (Å²) in [5, 5.41) is 5.31. The van der Waals surface area contributed by atoms with Crippen LogP contribution >= 0.6 is 11.6 Å². The van der Waals surface area contributed by atoms with Crippen LogP contribution in [0.1, 0.15) is 37.6 Å². The first-order valence-corrected chi connectivity index (χ1v) is 6.45. The maximum Gasteiger partial charge on any atom is 0.0849 e. The number of nitrogens with two attached hydrogens (primary N) is 1. The van der Waals surface area contributed by atoms with Gasteiger partial charge in [0.05, 0.1) is 16.4 Å². The molecule has 1 heterocycles. The van der Waals surface area contributed by atoms with Crippen molar-refractivity contribution in [1.82, 2.24) is 9.78 Å². The first kappa shape index (κ1) is 11.9. The van der Waals surface area contributed by atoms with E-state index in [-0.39, 0.29) is 0 Å². The highest BCUT2D eigenvalue weighted by Gasteiger charge is 2.24. The molecule has 3 nitrogen and oxygen atoms in total. The monoisotopic (exact) mass is 241 g/mol. The third-order valence-electron chi connectivity index (χ3n) is 3.57. The minimum absolute atomic E-state index is 0.391. The molecular weight excluding hydrogens is 222 g/mol. The third-order valence-corrected chi connectivity index (χ3v) is 4.00. The van der Waals surface area contributed by atoms with Crippen LogP contribution in [0.3, 0.4) is 0 Å². The summed E-state index contributed by atoms with van der Waals surface area (Å²) < 4.78 is 1.94. The molecule has 16 heavy (non-hydrogen) atoms. The zero-order valence-electron chi connectivity index (χ0n) is 10.0. The van der Waals surface area contributed by atoms with E-state index in [0.29, 0.717) is 12.0 Å².